The van der Waals surface area contributed by atoms with Crippen LogP contribution in [0.15, 0.2) is 16.5 Å². The molecule has 0 radical (unpaired) electrons. The van der Waals surface area contributed by atoms with Gasteiger partial charge in [0.05, 0.1) is 0 Å². The lowest BCUT2D eigenvalue weighted by atomic mass is 10.2. The molecule has 0 bridgehead atoms. The summed E-state index contributed by atoms with van der Waals surface area (Å²) in [5, 5.41) is 2.90. The molecule has 2 heterocycles. The summed E-state index contributed by atoms with van der Waals surface area (Å²) >= 11 is 5.70. The van der Waals surface area contributed by atoms with Crippen molar-refractivity contribution < 1.29 is 18.7 Å². The lowest BCUT2D eigenvalue weighted by Gasteiger charge is -2.25. The molecule has 1 aliphatic rings. The number of hydrogen-bond acceptors (Lipinski definition) is 4. The highest BCUT2D eigenvalue weighted by atomic mass is 35.5. The number of likely N-dealkylation sites (tertiary alicyclic amines) is 1. The number of nitrogens with zero attached hydrogens (tertiary/aromatic N) is 1. The molecule has 122 valence electrons. The molecule has 0 aromatic carbocycles. The zero-order valence-electron chi connectivity index (χ0n) is 13.0. The van der Waals surface area contributed by atoms with Crippen LogP contribution in [0.3, 0.4) is 0 Å². The Kier molecular flexibility index (Phi) is 5.01. The van der Waals surface area contributed by atoms with E-state index in [0.717, 1.165) is 12.8 Å². The molecule has 1 atom stereocenters. The summed E-state index contributed by atoms with van der Waals surface area (Å²) in [5.41, 5.74) is -0.541. The summed E-state index contributed by atoms with van der Waals surface area (Å²) in [7, 11) is 0. The van der Waals surface area contributed by atoms with Crippen molar-refractivity contribution in [3.05, 3.63) is 23.1 Å². The standard InChI is InChI=1S/C15H21ClN2O4/c1-15(2,3)22-14(20)17-9-10-5-4-8-18(10)13(19)11-6-7-12(16)21-11/h6-7,10H,4-5,8-9H2,1-3H3,(H,17,20)/t10-/m0/s1. The van der Waals surface area contributed by atoms with Crippen molar-refractivity contribution in [1.29, 1.82) is 0 Å². The fourth-order valence-electron chi connectivity index (χ4n) is 2.40. The average Bonchev–Trinajstić information content (AvgIpc) is 3.02. The first-order valence-corrected chi connectivity index (χ1v) is 7.67. The van der Waals surface area contributed by atoms with Crippen molar-refractivity contribution in [1.82, 2.24) is 10.2 Å². The molecule has 1 N–H and O–H groups in total. The van der Waals surface area contributed by atoms with Crippen molar-refractivity contribution in [2.24, 2.45) is 0 Å². The van der Waals surface area contributed by atoms with E-state index in [4.69, 9.17) is 20.8 Å². The Morgan fingerprint density at radius 1 is 1.45 bits per heavy atom. The molecule has 0 spiro atoms. The van der Waals surface area contributed by atoms with Crippen LogP contribution >= 0.6 is 11.6 Å². The third-order valence-electron chi connectivity index (χ3n) is 3.30. The van der Waals surface area contributed by atoms with E-state index in [0.29, 0.717) is 13.1 Å². The van der Waals surface area contributed by atoms with E-state index < -0.39 is 11.7 Å². The minimum atomic E-state index is -0.541. The number of ether oxygens (including phenoxy) is 1. The second kappa shape index (κ2) is 6.60. The number of hydrogen-bond donors (Lipinski definition) is 1. The molecule has 0 saturated carbocycles. The summed E-state index contributed by atoms with van der Waals surface area (Å²) in [5.74, 6) is 0.00885. The van der Waals surface area contributed by atoms with Crippen LogP contribution in [-0.2, 0) is 4.74 Å². The number of amides is 2. The number of alkyl carbamates (subject to hydrolysis) is 1. The summed E-state index contributed by atoms with van der Waals surface area (Å²) in [4.78, 5) is 25.8. The predicted molar refractivity (Wildman–Crippen MR) is 82.0 cm³/mol. The maximum atomic E-state index is 12.4. The third-order valence-corrected chi connectivity index (χ3v) is 3.51. The van der Waals surface area contributed by atoms with Gasteiger partial charge >= 0.3 is 6.09 Å². The van der Waals surface area contributed by atoms with E-state index in [1.807, 2.05) is 0 Å². The quantitative estimate of drug-likeness (QED) is 0.925. The van der Waals surface area contributed by atoms with E-state index in [1.54, 1.807) is 37.8 Å². The van der Waals surface area contributed by atoms with E-state index in [9.17, 15) is 9.59 Å². The van der Waals surface area contributed by atoms with Crippen LogP contribution in [-0.4, -0.2) is 41.6 Å². The molecule has 1 fully saturated rings. The summed E-state index contributed by atoms with van der Waals surface area (Å²) < 4.78 is 10.4. The van der Waals surface area contributed by atoms with Gasteiger partial charge in [-0.25, -0.2) is 4.79 Å². The van der Waals surface area contributed by atoms with Crippen molar-refractivity contribution in [3.8, 4) is 0 Å². The number of carbonyl (C=O) groups is 2. The van der Waals surface area contributed by atoms with Gasteiger partial charge in [0.15, 0.2) is 11.0 Å². The van der Waals surface area contributed by atoms with Crippen LogP contribution in [0.4, 0.5) is 4.79 Å². The van der Waals surface area contributed by atoms with E-state index in [2.05, 4.69) is 5.32 Å². The van der Waals surface area contributed by atoms with Gasteiger partial charge in [-0.05, 0) is 57.3 Å². The first-order chi connectivity index (χ1) is 10.3. The van der Waals surface area contributed by atoms with Gasteiger partial charge in [-0.15, -0.1) is 0 Å². The first-order valence-electron chi connectivity index (χ1n) is 7.29. The number of furan rings is 1. The van der Waals surface area contributed by atoms with Crippen LogP contribution in [0.2, 0.25) is 5.22 Å². The minimum absolute atomic E-state index is 0.0658. The van der Waals surface area contributed by atoms with Gasteiger partial charge in [-0.3, -0.25) is 4.79 Å². The van der Waals surface area contributed by atoms with E-state index in [-0.39, 0.29) is 22.9 Å². The Labute approximate surface area is 134 Å². The molecule has 1 aromatic rings. The molecule has 7 heteroatoms. The molecule has 6 nitrogen and oxygen atoms in total. The predicted octanol–water partition coefficient (Wildman–Crippen LogP) is 3.06. The average molecular weight is 329 g/mol. The van der Waals surface area contributed by atoms with Crippen molar-refractivity contribution in [2.45, 2.75) is 45.3 Å². The van der Waals surface area contributed by atoms with Gasteiger partial charge in [-0.1, -0.05) is 0 Å². The summed E-state index contributed by atoms with van der Waals surface area (Å²) in [6, 6.07) is 3.03. The van der Waals surface area contributed by atoms with Gasteiger partial charge in [-0.2, -0.15) is 0 Å². The van der Waals surface area contributed by atoms with Gasteiger partial charge in [0.2, 0.25) is 0 Å². The normalized spacial score (nSPS) is 18.4. The molecule has 0 unspecified atom stereocenters. The second-order valence-electron chi connectivity index (χ2n) is 6.28. The Morgan fingerprint density at radius 2 is 2.18 bits per heavy atom. The smallest absolute Gasteiger partial charge is 0.407 e. The molecular weight excluding hydrogens is 308 g/mol. The first kappa shape index (κ1) is 16.7. The van der Waals surface area contributed by atoms with E-state index >= 15 is 0 Å². The highest BCUT2D eigenvalue weighted by Gasteiger charge is 2.31. The highest BCUT2D eigenvalue weighted by Crippen LogP contribution is 2.22. The molecule has 2 rings (SSSR count). The van der Waals surface area contributed by atoms with Crippen LogP contribution in [0.25, 0.3) is 0 Å². The molecule has 1 aliphatic heterocycles. The fourth-order valence-corrected chi connectivity index (χ4v) is 2.55. The van der Waals surface area contributed by atoms with E-state index in [1.165, 1.54) is 0 Å². The third kappa shape index (κ3) is 4.40. The monoisotopic (exact) mass is 328 g/mol. The lowest BCUT2D eigenvalue weighted by Crippen LogP contribution is -2.44. The van der Waals surface area contributed by atoms with Crippen LogP contribution in [0.1, 0.15) is 44.2 Å². The lowest BCUT2D eigenvalue weighted by molar-refractivity contribution is 0.0499. The van der Waals surface area contributed by atoms with Crippen LogP contribution in [0, 0.1) is 0 Å². The van der Waals surface area contributed by atoms with Gasteiger partial charge in [0.25, 0.3) is 5.91 Å². The SMILES string of the molecule is CC(C)(C)OC(=O)NC[C@@H]1CCCN1C(=O)c1ccc(Cl)o1. The van der Waals surface area contributed by atoms with Crippen molar-refractivity contribution in [2.75, 3.05) is 13.1 Å². The largest absolute Gasteiger partial charge is 0.444 e. The molecule has 2 amide bonds. The maximum absolute atomic E-state index is 12.4. The Balaban J connectivity index is 1.91. The summed E-state index contributed by atoms with van der Waals surface area (Å²) in [6.07, 6.45) is 1.24. The topological polar surface area (TPSA) is 71.8 Å². The van der Waals surface area contributed by atoms with Crippen LogP contribution in [0.5, 0.6) is 0 Å². The van der Waals surface area contributed by atoms with Gasteiger partial charge in [0.1, 0.15) is 5.60 Å². The zero-order chi connectivity index (χ0) is 16.3. The number of nitrogens with one attached hydrogen (secondary N) is 1. The molecule has 22 heavy (non-hydrogen) atoms. The van der Waals surface area contributed by atoms with Crippen molar-refractivity contribution in [3.63, 3.8) is 0 Å². The summed E-state index contributed by atoms with van der Waals surface area (Å²) in [6.45, 7) is 6.41. The highest BCUT2D eigenvalue weighted by molar-refractivity contribution is 6.29. The Morgan fingerprint density at radius 3 is 2.77 bits per heavy atom. The second-order valence-corrected chi connectivity index (χ2v) is 6.65. The number of rotatable bonds is 3. The number of carbonyl (C=O) groups excluding carboxylic acids is 2. The molecule has 0 aliphatic carbocycles. The molecular formula is C15H21ClN2O4. The number of halogens is 1. The zero-order valence-corrected chi connectivity index (χ0v) is 13.8. The Hall–Kier alpha value is -1.69. The fraction of sp³-hybridized carbons (Fsp3) is 0.600. The van der Waals surface area contributed by atoms with Gasteiger partial charge < -0.3 is 19.4 Å². The maximum Gasteiger partial charge on any atom is 0.407 e. The van der Waals surface area contributed by atoms with Gasteiger partial charge in [0, 0.05) is 19.1 Å². The Bertz CT molecular complexity index is 550. The minimum Gasteiger partial charge on any atom is -0.444 e. The molecule has 1 aromatic heterocycles. The van der Waals surface area contributed by atoms with Crippen LogP contribution < -0.4 is 5.32 Å². The molecule has 1 saturated heterocycles. The van der Waals surface area contributed by atoms with Crippen molar-refractivity contribution >= 4 is 23.6 Å².